The first kappa shape index (κ1) is 14.4. The van der Waals surface area contributed by atoms with Crippen LogP contribution in [-0.4, -0.2) is 57.7 Å². The van der Waals surface area contributed by atoms with E-state index in [4.69, 9.17) is 9.47 Å². The molecule has 1 aliphatic rings. The fourth-order valence-corrected chi connectivity index (χ4v) is 2.04. The van der Waals surface area contributed by atoms with E-state index in [1.165, 1.54) is 0 Å². The Morgan fingerprint density at radius 1 is 1.05 bits per heavy atom. The molecule has 0 saturated carbocycles. The highest BCUT2D eigenvalue weighted by molar-refractivity contribution is 5.13. The molecule has 106 valence electrons. The molecule has 6 heteroatoms. The molecule has 2 rings (SSSR count). The summed E-state index contributed by atoms with van der Waals surface area (Å²) in [6.07, 6.45) is -6.07. The second kappa shape index (κ2) is 6.42. The Morgan fingerprint density at radius 2 is 1.74 bits per heavy atom. The SMILES string of the molecule is OC[C@H]1O[C@@H](O)[C@H](O)[C@@H](O)[C@H]1OCc1ccccc1. The average molecular weight is 270 g/mol. The molecule has 6 nitrogen and oxygen atoms in total. The second-order valence-electron chi connectivity index (χ2n) is 4.49. The number of hydrogen-bond acceptors (Lipinski definition) is 6. The molecule has 1 heterocycles. The third-order valence-corrected chi connectivity index (χ3v) is 3.12. The van der Waals surface area contributed by atoms with Crippen LogP contribution in [0.5, 0.6) is 0 Å². The van der Waals surface area contributed by atoms with Gasteiger partial charge in [0.05, 0.1) is 13.2 Å². The van der Waals surface area contributed by atoms with Crippen LogP contribution in [0.15, 0.2) is 30.3 Å². The van der Waals surface area contributed by atoms with Crippen LogP contribution in [0.25, 0.3) is 0 Å². The fraction of sp³-hybridized carbons (Fsp3) is 0.538. The largest absolute Gasteiger partial charge is 0.394 e. The highest BCUT2D eigenvalue weighted by atomic mass is 16.6. The van der Waals surface area contributed by atoms with E-state index in [1.807, 2.05) is 30.3 Å². The summed E-state index contributed by atoms with van der Waals surface area (Å²) in [6.45, 7) is -0.203. The highest BCUT2D eigenvalue weighted by Gasteiger charge is 2.44. The van der Waals surface area contributed by atoms with E-state index in [9.17, 15) is 20.4 Å². The number of aliphatic hydroxyl groups is 4. The van der Waals surface area contributed by atoms with Gasteiger partial charge in [-0.2, -0.15) is 0 Å². The van der Waals surface area contributed by atoms with Crippen molar-refractivity contribution in [1.29, 1.82) is 0 Å². The summed E-state index contributed by atoms with van der Waals surface area (Å²) in [4.78, 5) is 0. The molecule has 19 heavy (non-hydrogen) atoms. The summed E-state index contributed by atoms with van der Waals surface area (Å²) in [5, 5.41) is 37.9. The molecule has 1 aromatic rings. The Labute approximate surface area is 110 Å². The zero-order valence-corrected chi connectivity index (χ0v) is 10.3. The Morgan fingerprint density at radius 3 is 2.37 bits per heavy atom. The molecule has 0 radical (unpaired) electrons. The smallest absolute Gasteiger partial charge is 0.184 e. The van der Waals surface area contributed by atoms with Gasteiger partial charge in [-0.3, -0.25) is 0 Å². The molecule has 1 aliphatic heterocycles. The van der Waals surface area contributed by atoms with Crippen LogP contribution in [0.2, 0.25) is 0 Å². The van der Waals surface area contributed by atoms with Gasteiger partial charge >= 0.3 is 0 Å². The molecule has 0 spiro atoms. The zero-order valence-electron chi connectivity index (χ0n) is 10.3. The molecule has 0 aliphatic carbocycles. The van der Waals surface area contributed by atoms with Crippen molar-refractivity contribution in [2.45, 2.75) is 37.3 Å². The van der Waals surface area contributed by atoms with Crippen molar-refractivity contribution in [3.8, 4) is 0 Å². The first-order valence-electron chi connectivity index (χ1n) is 6.09. The quantitative estimate of drug-likeness (QED) is 0.560. The number of aliphatic hydroxyl groups excluding tert-OH is 4. The molecule has 1 aromatic carbocycles. The zero-order chi connectivity index (χ0) is 13.8. The minimum atomic E-state index is -1.52. The molecule has 4 N–H and O–H groups in total. The number of ether oxygens (including phenoxy) is 2. The lowest BCUT2D eigenvalue weighted by molar-refractivity contribution is -0.295. The molecule has 5 atom stereocenters. The average Bonchev–Trinajstić information content (AvgIpc) is 2.44. The minimum absolute atomic E-state index is 0.214. The van der Waals surface area contributed by atoms with Crippen LogP contribution >= 0.6 is 0 Å². The van der Waals surface area contributed by atoms with E-state index in [2.05, 4.69) is 0 Å². The van der Waals surface area contributed by atoms with Crippen LogP contribution in [-0.2, 0) is 16.1 Å². The van der Waals surface area contributed by atoms with E-state index >= 15 is 0 Å². The summed E-state index contributed by atoms with van der Waals surface area (Å²) < 4.78 is 10.5. The maximum absolute atomic E-state index is 9.86. The first-order valence-corrected chi connectivity index (χ1v) is 6.09. The maximum Gasteiger partial charge on any atom is 0.184 e. The van der Waals surface area contributed by atoms with E-state index in [0.717, 1.165) is 5.56 Å². The van der Waals surface area contributed by atoms with Crippen molar-refractivity contribution < 1.29 is 29.9 Å². The van der Waals surface area contributed by atoms with Gasteiger partial charge in [0.15, 0.2) is 6.29 Å². The van der Waals surface area contributed by atoms with Crippen LogP contribution in [0.3, 0.4) is 0 Å². The number of rotatable bonds is 4. The predicted molar refractivity (Wildman–Crippen MR) is 65.0 cm³/mol. The lowest BCUT2D eigenvalue weighted by Crippen LogP contribution is -2.59. The second-order valence-corrected chi connectivity index (χ2v) is 4.49. The third kappa shape index (κ3) is 3.30. The minimum Gasteiger partial charge on any atom is -0.394 e. The summed E-state index contributed by atoms with van der Waals surface area (Å²) in [5.41, 5.74) is 0.895. The third-order valence-electron chi connectivity index (χ3n) is 3.12. The van der Waals surface area contributed by atoms with Crippen molar-refractivity contribution in [2.75, 3.05) is 6.61 Å². The van der Waals surface area contributed by atoms with Gasteiger partial charge in [0.1, 0.15) is 24.4 Å². The monoisotopic (exact) mass is 270 g/mol. The maximum atomic E-state index is 9.86. The van der Waals surface area contributed by atoms with Crippen LogP contribution in [0, 0.1) is 0 Å². The summed E-state index contributed by atoms with van der Waals surface area (Å²) in [6, 6.07) is 9.30. The highest BCUT2D eigenvalue weighted by Crippen LogP contribution is 2.23. The van der Waals surface area contributed by atoms with Gasteiger partial charge < -0.3 is 29.9 Å². The molecule has 0 unspecified atom stereocenters. The summed E-state index contributed by atoms with van der Waals surface area (Å²) in [5.74, 6) is 0. The van der Waals surface area contributed by atoms with Gasteiger partial charge in [-0.05, 0) is 5.56 Å². The topological polar surface area (TPSA) is 99.4 Å². The summed E-state index contributed by atoms with van der Waals surface area (Å²) >= 11 is 0. The van der Waals surface area contributed by atoms with E-state index in [-0.39, 0.29) is 6.61 Å². The molecule has 1 fully saturated rings. The van der Waals surface area contributed by atoms with Gasteiger partial charge in [0, 0.05) is 0 Å². The van der Waals surface area contributed by atoms with Crippen LogP contribution < -0.4 is 0 Å². The van der Waals surface area contributed by atoms with E-state index < -0.39 is 37.3 Å². The van der Waals surface area contributed by atoms with Crippen molar-refractivity contribution >= 4 is 0 Å². The lowest BCUT2D eigenvalue weighted by atomic mass is 9.99. The van der Waals surface area contributed by atoms with Crippen molar-refractivity contribution in [3.05, 3.63) is 35.9 Å². The Bertz CT molecular complexity index is 382. The molecule has 0 amide bonds. The van der Waals surface area contributed by atoms with Crippen LogP contribution in [0.4, 0.5) is 0 Å². The van der Waals surface area contributed by atoms with E-state index in [0.29, 0.717) is 0 Å². The predicted octanol–water partition coefficient (Wildman–Crippen LogP) is -0.997. The van der Waals surface area contributed by atoms with Gasteiger partial charge in [-0.25, -0.2) is 0 Å². The van der Waals surface area contributed by atoms with Gasteiger partial charge in [0.2, 0.25) is 0 Å². The molecular weight excluding hydrogens is 252 g/mol. The molecular formula is C13H18O6. The lowest BCUT2D eigenvalue weighted by Gasteiger charge is -2.39. The van der Waals surface area contributed by atoms with Gasteiger partial charge in [-0.15, -0.1) is 0 Å². The van der Waals surface area contributed by atoms with Gasteiger partial charge in [0.25, 0.3) is 0 Å². The number of hydrogen-bond donors (Lipinski definition) is 4. The standard InChI is InChI=1S/C13H18O6/c14-6-9-12(10(15)11(16)13(17)19-9)18-7-8-4-2-1-3-5-8/h1-5,9-17H,6-7H2/t9-,10-,11-,12+,13-/m1/s1. The Hall–Kier alpha value is -1.02. The normalized spacial score (nSPS) is 35.3. The van der Waals surface area contributed by atoms with Gasteiger partial charge in [-0.1, -0.05) is 30.3 Å². The van der Waals surface area contributed by atoms with E-state index in [1.54, 1.807) is 0 Å². The Kier molecular flexibility index (Phi) is 4.87. The van der Waals surface area contributed by atoms with Crippen LogP contribution in [0.1, 0.15) is 5.56 Å². The summed E-state index contributed by atoms with van der Waals surface area (Å²) in [7, 11) is 0. The molecule has 0 aromatic heterocycles. The van der Waals surface area contributed by atoms with Crippen molar-refractivity contribution in [1.82, 2.24) is 0 Å². The molecule has 1 saturated heterocycles. The fourth-order valence-electron chi connectivity index (χ4n) is 2.04. The number of benzene rings is 1. The van der Waals surface area contributed by atoms with Crippen molar-refractivity contribution in [2.24, 2.45) is 0 Å². The first-order chi connectivity index (χ1) is 9.13. The molecule has 0 bridgehead atoms. The van der Waals surface area contributed by atoms with Crippen molar-refractivity contribution in [3.63, 3.8) is 0 Å². The Balaban J connectivity index is 2.00.